The third-order valence-electron chi connectivity index (χ3n) is 3.31. The van der Waals surface area contributed by atoms with Crippen LogP contribution in [0.1, 0.15) is 35.7 Å². The van der Waals surface area contributed by atoms with Crippen molar-refractivity contribution in [2.75, 3.05) is 19.6 Å². The van der Waals surface area contributed by atoms with Gasteiger partial charge in [-0.25, -0.2) is 0 Å². The Morgan fingerprint density at radius 1 is 1.37 bits per heavy atom. The van der Waals surface area contributed by atoms with Gasteiger partial charge in [0, 0.05) is 24.2 Å². The van der Waals surface area contributed by atoms with E-state index in [9.17, 15) is 4.79 Å². The first-order chi connectivity index (χ1) is 9.24. The average molecular weight is 256 g/mol. The van der Waals surface area contributed by atoms with E-state index in [-0.39, 0.29) is 5.91 Å². The average Bonchev–Trinajstić information content (AvgIpc) is 3.26. The number of hydrogen-bond donors (Lipinski definition) is 1. The topological polar surface area (TPSA) is 46.3 Å². The minimum absolute atomic E-state index is 0.118. The number of nitrogens with zero attached hydrogens (tertiary/aromatic N) is 1. The highest BCUT2D eigenvalue weighted by atomic mass is 16.2. The molecule has 1 aliphatic carbocycles. The van der Waals surface area contributed by atoms with Crippen LogP contribution >= 0.6 is 0 Å². The van der Waals surface area contributed by atoms with Crippen LogP contribution in [0.25, 0.3) is 0 Å². The van der Waals surface area contributed by atoms with E-state index in [4.69, 9.17) is 5.73 Å². The zero-order valence-electron chi connectivity index (χ0n) is 11.4. The van der Waals surface area contributed by atoms with Gasteiger partial charge in [-0.1, -0.05) is 11.8 Å². The molecule has 1 aromatic carbocycles. The molecular weight excluding hydrogens is 236 g/mol. The minimum atomic E-state index is 0.118. The van der Waals surface area contributed by atoms with E-state index in [1.54, 1.807) is 0 Å². The van der Waals surface area contributed by atoms with E-state index in [0.29, 0.717) is 6.54 Å². The maximum Gasteiger partial charge on any atom is 0.253 e. The zero-order chi connectivity index (χ0) is 13.7. The third-order valence-corrected chi connectivity index (χ3v) is 3.31. The lowest BCUT2D eigenvalue weighted by Gasteiger charge is -2.20. The normalized spacial score (nSPS) is 13.6. The van der Waals surface area contributed by atoms with Gasteiger partial charge in [0.05, 0.1) is 6.54 Å². The minimum Gasteiger partial charge on any atom is -0.339 e. The molecule has 1 aliphatic rings. The number of nitrogens with two attached hydrogens (primary N) is 1. The molecule has 1 fully saturated rings. The summed E-state index contributed by atoms with van der Waals surface area (Å²) < 4.78 is 0. The number of rotatable bonds is 4. The summed E-state index contributed by atoms with van der Waals surface area (Å²) in [7, 11) is 0. The van der Waals surface area contributed by atoms with Crippen molar-refractivity contribution >= 4 is 5.91 Å². The van der Waals surface area contributed by atoms with Crippen LogP contribution in [-0.2, 0) is 0 Å². The largest absolute Gasteiger partial charge is 0.339 e. The molecule has 0 aliphatic heterocycles. The molecule has 19 heavy (non-hydrogen) atoms. The lowest BCUT2D eigenvalue weighted by Crippen LogP contribution is -2.32. The van der Waals surface area contributed by atoms with Gasteiger partial charge < -0.3 is 10.6 Å². The van der Waals surface area contributed by atoms with Crippen molar-refractivity contribution in [1.29, 1.82) is 0 Å². The summed E-state index contributed by atoms with van der Waals surface area (Å²) in [5.41, 5.74) is 6.96. The molecule has 2 rings (SSSR count). The Balaban J connectivity index is 2.04. The summed E-state index contributed by atoms with van der Waals surface area (Å²) in [6.45, 7) is 4.04. The van der Waals surface area contributed by atoms with Gasteiger partial charge in [0.15, 0.2) is 0 Å². The van der Waals surface area contributed by atoms with Gasteiger partial charge in [-0.15, -0.1) is 0 Å². The van der Waals surface area contributed by atoms with Crippen LogP contribution in [0, 0.1) is 17.8 Å². The molecule has 0 aromatic heterocycles. The van der Waals surface area contributed by atoms with Crippen molar-refractivity contribution in [2.24, 2.45) is 11.7 Å². The van der Waals surface area contributed by atoms with Gasteiger partial charge in [0.25, 0.3) is 5.91 Å². The highest BCUT2D eigenvalue weighted by molar-refractivity contribution is 5.94. The fourth-order valence-electron chi connectivity index (χ4n) is 2.00. The van der Waals surface area contributed by atoms with E-state index in [1.807, 2.05) is 36.1 Å². The van der Waals surface area contributed by atoms with Crippen LogP contribution in [0.2, 0.25) is 0 Å². The fraction of sp³-hybridized carbons (Fsp3) is 0.438. The number of benzene rings is 1. The van der Waals surface area contributed by atoms with Crippen molar-refractivity contribution in [1.82, 2.24) is 4.90 Å². The van der Waals surface area contributed by atoms with Crippen molar-refractivity contribution in [3.63, 3.8) is 0 Å². The molecule has 2 N–H and O–H groups in total. The van der Waals surface area contributed by atoms with Gasteiger partial charge in [-0.3, -0.25) is 4.79 Å². The molecule has 0 unspecified atom stereocenters. The van der Waals surface area contributed by atoms with E-state index in [0.717, 1.165) is 30.1 Å². The van der Waals surface area contributed by atoms with Gasteiger partial charge in [0.2, 0.25) is 0 Å². The molecular formula is C16H20N2O. The first-order valence-electron chi connectivity index (χ1n) is 6.83. The van der Waals surface area contributed by atoms with Crippen LogP contribution in [0.5, 0.6) is 0 Å². The summed E-state index contributed by atoms with van der Waals surface area (Å²) in [6, 6.07) is 7.44. The summed E-state index contributed by atoms with van der Waals surface area (Å²) in [5, 5.41) is 0. The fourth-order valence-corrected chi connectivity index (χ4v) is 2.00. The first kappa shape index (κ1) is 13.6. The van der Waals surface area contributed by atoms with Crippen LogP contribution in [0.4, 0.5) is 0 Å². The highest BCUT2D eigenvalue weighted by Gasteiger charge is 2.26. The lowest BCUT2D eigenvalue weighted by atomic mass is 10.1. The SMILES string of the molecule is CCN(CC1CC1)C(=O)c1ccc(C#CCN)cc1. The summed E-state index contributed by atoms with van der Waals surface area (Å²) in [4.78, 5) is 14.3. The Morgan fingerprint density at radius 3 is 2.58 bits per heavy atom. The monoisotopic (exact) mass is 256 g/mol. The number of amides is 1. The quantitative estimate of drug-likeness (QED) is 0.836. The number of hydrogen-bond acceptors (Lipinski definition) is 2. The summed E-state index contributed by atoms with van der Waals surface area (Å²) >= 11 is 0. The molecule has 3 nitrogen and oxygen atoms in total. The second-order valence-corrected chi connectivity index (χ2v) is 4.87. The van der Waals surface area contributed by atoms with Crippen molar-refractivity contribution in [2.45, 2.75) is 19.8 Å². The van der Waals surface area contributed by atoms with Crippen molar-refractivity contribution in [3.05, 3.63) is 35.4 Å². The summed E-state index contributed by atoms with van der Waals surface area (Å²) in [5.74, 6) is 6.60. The predicted octanol–water partition coefficient (Wildman–Crippen LogP) is 1.87. The molecule has 1 amide bonds. The molecule has 1 saturated carbocycles. The summed E-state index contributed by atoms with van der Waals surface area (Å²) in [6.07, 6.45) is 2.52. The van der Waals surface area contributed by atoms with Crippen LogP contribution < -0.4 is 5.73 Å². The number of carbonyl (C=O) groups is 1. The van der Waals surface area contributed by atoms with Crippen LogP contribution in [0.3, 0.4) is 0 Å². The Kier molecular flexibility index (Phi) is 4.59. The second kappa shape index (κ2) is 6.40. The Bertz CT molecular complexity index is 492. The molecule has 100 valence electrons. The zero-order valence-corrected chi connectivity index (χ0v) is 11.4. The first-order valence-corrected chi connectivity index (χ1v) is 6.83. The Morgan fingerprint density at radius 2 is 2.05 bits per heavy atom. The maximum atomic E-state index is 12.3. The van der Waals surface area contributed by atoms with E-state index in [1.165, 1.54) is 12.8 Å². The highest BCUT2D eigenvalue weighted by Crippen LogP contribution is 2.30. The third kappa shape index (κ3) is 3.84. The van der Waals surface area contributed by atoms with Crippen molar-refractivity contribution < 1.29 is 4.79 Å². The molecule has 0 atom stereocenters. The van der Waals surface area contributed by atoms with Crippen LogP contribution in [0.15, 0.2) is 24.3 Å². The van der Waals surface area contributed by atoms with E-state index < -0.39 is 0 Å². The van der Waals surface area contributed by atoms with E-state index >= 15 is 0 Å². The van der Waals surface area contributed by atoms with Crippen molar-refractivity contribution in [3.8, 4) is 11.8 Å². The van der Waals surface area contributed by atoms with Gasteiger partial charge in [0.1, 0.15) is 0 Å². The molecule has 3 heteroatoms. The molecule has 0 bridgehead atoms. The van der Waals surface area contributed by atoms with Gasteiger partial charge in [-0.05, 0) is 49.9 Å². The predicted molar refractivity (Wildman–Crippen MR) is 76.7 cm³/mol. The maximum absolute atomic E-state index is 12.3. The molecule has 0 radical (unpaired) electrons. The molecule has 0 spiro atoms. The Labute approximate surface area is 114 Å². The molecule has 0 saturated heterocycles. The molecule has 1 aromatic rings. The van der Waals surface area contributed by atoms with Gasteiger partial charge >= 0.3 is 0 Å². The standard InChI is InChI=1S/C16H20N2O/c1-2-18(12-14-5-6-14)16(19)15-9-7-13(8-10-15)4-3-11-17/h7-10,14H,2,5-6,11-12,17H2,1H3. The second-order valence-electron chi connectivity index (χ2n) is 4.87. The Hall–Kier alpha value is -1.79. The lowest BCUT2D eigenvalue weighted by molar-refractivity contribution is 0.0757. The van der Waals surface area contributed by atoms with Gasteiger partial charge in [-0.2, -0.15) is 0 Å². The number of carbonyl (C=O) groups excluding carboxylic acids is 1. The van der Waals surface area contributed by atoms with E-state index in [2.05, 4.69) is 11.8 Å². The molecule has 0 heterocycles. The van der Waals surface area contributed by atoms with Crippen LogP contribution in [-0.4, -0.2) is 30.4 Å². The smallest absolute Gasteiger partial charge is 0.253 e.